The van der Waals surface area contributed by atoms with Crippen molar-refractivity contribution in [2.45, 2.75) is 16.7 Å². The first-order valence-electron chi connectivity index (χ1n) is 6.46. The highest BCUT2D eigenvalue weighted by Gasteiger charge is 2.23. The van der Waals surface area contributed by atoms with Crippen molar-refractivity contribution >= 4 is 32.3 Å². The molecule has 6 heteroatoms. The molecule has 3 rings (SSSR count). The topological polar surface area (TPSA) is 47.0 Å². The Balaban J connectivity index is 2.26. The molecule has 0 amide bonds. The van der Waals surface area contributed by atoms with E-state index in [4.69, 9.17) is 11.6 Å². The monoisotopic (exact) mass is 335 g/mol. The number of rotatable bonds is 2. The molecule has 3 aromatic rings. The van der Waals surface area contributed by atoms with Gasteiger partial charge in [0.15, 0.2) is 0 Å². The lowest BCUT2D eigenvalue weighted by molar-refractivity contribution is 0.595. The van der Waals surface area contributed by atoms with Crippen LogP contribution in [0.15, 0.2) is 58.5 Å². The summed E-state index contributed by atoms with van der Waals surface area (Å²) in [6.07, 6.45) is 1.10. The van der Waals surface area contributed by atoms with Crippen molar-refractivity contribution in [1.82, 2.24) is 4.98 Å². The summed E-state index contributed by atoms with van der Waals surface area (Å²) in [6, 6.07) is 10.7. The highest BCUT2D eigenvalue weighted by molar-refractivity contribution is 7.91. The molecular formula is C16H11ClFNO2S. The van der Waals surface area contributed by atoms with Gasteiger partial charge in [0.25, 0.3) is 0 Å². The molecule has 0 unspecified atom stereocenters. The van der Waals surface area contributed by atoms with Crippen molar-refractivity contribution in [3.05, 3.63) is 65.1 Å². The molecule has 0 saturated carbocycles. The summed E-state index contributed by atoms with van der Waals surface area (Å²) in [5.41, 5.74) is 0.999. The molecule has 0 spiro atoms. The summed E-state index contributed by atoms with van der Waals surface area (Å²) in [5, 5.41) is 0.250. The number of nitrogens with zero attached hydrogens (tertiary/aromatic N) is 1. The van der Waals surface area contributed by atoms with Crippen molar-refractivity contribution < 1.29 is 12.8 Å². The zero-order chi connectivity index (χ0) is 15.9. The van der Waals surface area contributed by atoms with E-state index in [1.165, 1.54) is 24.3 Å². The van der Waals surface area contributed by atoms with Gasteiger partial charge in [-0.3, -0.25) is 4.98 Å². The second-order valence-electron chi connectivity index (χ2n) is 4.89. The summed E-state index contributed by atoms with van der Waals surface area (Å²) in [6.45, 7) is 1.86. The van der Waals surface area contributed by atoms with Crippen molar-refractivity contribution in [2.24, 2.45) is 0 Å². The van der Waals surface area contributed by atoms with Gasteiger partial charge < -0.3 is 0 Å². The van der Waals surface area contributed by atoms with E-state index in [1.54, 1.807) is 18.2 Å². The van der Waals surface area contributed by atoms with Crippen molar-refractivity contribution in [1.29, 1.82) is 0 Å². The summed E-state index contributed by atoms with van der Waals surface area (Å²) in [5.74, 6) is -0.543. The zero-order valence-electron chi connectivity index (χ0n) is 11.5. The van der Waals surface area contributed by atoms with Crippen LogP contribution in [0.5, 0.6) is 0 Å². The highest BCUT2D eigenvalue weighted by Crippen LogP contribution is 2.33. The molecule has 0 fully saturated rings. The number of aromatic nitrogens is 1. The molecule has 0 N–H and O–H groups in total. The van der Waals surface area contributed by atoms with Gasteiger partial charge in [0, 0.05) is 11.6 Å². The predicted molar refractivity (Wildman–Crippen MR) is 83.3 cm³/mol. The van der Waals surface area contributed by atoms with E-state index in [9.17, 15) is 12.8 Å². The quantitative estimate of drug-likeness (QED) is 0.706. The molecule has 1 heterocycles. The minimum atomic E-state index is -3.81. The minimum Gasteiger partial charge on any atom is -0.252 e. The first-order valence-corrected chi connectivity index (χ1v) is 8.32. The lowest BCUT2D eigenvalue weighted by Crippen LogP contribution is -2.04. The molecule has 0 aliphatic heterocycles. The van der Waals surface area contributed by atoms with Crippen LogP contribution in [0.2, 0.25) is 5.02 Å². The first kappa shape index (κ1) is 14.9. The second kappa shape index (κ2) is 5.34. The van der Waals surface area contributed by atoms with Gasteiger partial charge in [-0.2, -0.15) is 0 Å². The normalized spacial score (nSPS) is 11.8. The fraction of sp³-hybridized carbons (Fsp3) is 0.0625. The molecular weight excluding hydrogens is 325 g/mol. The van der Waals surface area contributed by atoms with E-state index >= 15 is 0 Å². The number of pyridine rings is 1. The van der Waals surface area contributed by atoms with Crippen LogP contribution in [-0.4, -0.2) is 13.4 Å². The van der Waals surface area contributed by atoms with E-state index in [0.29, 0.717) is 0 Å². The summed E-state index contributed by atoms with van der Waals surface area (Å²) < 4.78 is 39.0. The van der Waals surface area contributed by atoms with Crippen LogP contribution in [0.25, 0.3) is 10.9 Å². The Hall–Kier alpha value is -1.98. The van der Waals surface area contributed by atoms with E-state index in [0.717, 1.165) is 11.8 Å². The van der Waals surface area contributed by atoms with Gasteiger partial charge in [0.05, 0.1) is 9.92 Å². The summed E-state index contributed by atoms with van der Waals surface area (Å²) in [4.78, 5) is 3.91. The standard InChI is InChI=1S/C16H11ClFNO2S/c1-10-5-7-11(8-6-10)22(20,21)14-9-19-16-12(15(14)17)3-2-4-13(16)18/h2-9H,1H3. The Bertz CT molecular complexity index is 969. The predicted octanol–water partition coefficient (Wildman–Crippen LogP) is 4.17. The maximum absolute atomic E-state index is 13.7. The number of hydrogen-bond donors (Lipinski definition) is 0. The third-order valence-electron chi connectivity index (χ3n) is 3.37. The van der Waals surface area contributed by atoms with Gasteiger partial charge in [-0.1, -0.05) is 41.4 Å². The SMILES string of the molecule is Cc1ccc(S(=O)(=O)c2cnc3c(F)cccc3c2Cl)cc1. The van der Waals surface area contributed by atoms with Crippen molar-refractivity contribution in [2.75, 3.05) is 0 Å². The second-order valence-corrected chi connectivity index (χ2v) is 7.18. The first-order chi connectivity index (χ1) is 10.4. The molecule has 112 valence electrons. The van der Waals surface area contributed by atoms with E-state index < -0.39 is 15.7 Å². The molecule has 3 nitrogen and oxygen atoms in total. The molecule has 0 radical (unpaired) electrons. The summed E-state index contributed by atoms with van der Waals surface area (Å²) >= 11 is 6.19. The number of halogens is 2. The lowest BCUT2D eigenvalue weighted by Gasteiger charge is -2.09. The number of para-hydroxylation sites is 1. The van der Waals surface area contributed by atoms with Gasteiger partial charge in [0.1, 0.15) is 16.2 Å². The number of sulfone groups is 1. The smallest absolute Gasteiger partial charge is 0.209 e. The molecule has 0 aliphatic carbocycles. The van der Waals surface area contributed by atoms with Gasteiger partial charge in [-0.25, -0.2) is 12.8 Å². The largest absolute Gasteiger partial charge is 0.252 e. The Kier molecular flexibility index (Phi) is 3.62. The maximum atomic E-state index is 13.7. The minimum absolute atomic E-state index is 0.0231. The number of aryl methyl sites for hydroxylation is 1. The third kappa shape index (κ3) is 2.36. The fourth-order valence-electron chi connectivity index (χ4n) is 2.17. The van der Waals surface area contributed by atoms with Gasteiger partial charge in [-0.15, -0.1) is 0 Å². The van der Waals surface area contributed by atoms with E-state index in [1.807, 2.05) is 6.92 Å². The van der Waals surface area contributed by atoms with Crippen LogP contribution >= 0.6 is 11.6 Å². The van der Waals surface area contributed by atoms with Crippen LogP contribution in [0.1, 0.15) is 5.56 Å². The Morgan fingerprint density at radius 2 is 1.77 bits per heavy atom. The Morgan fingerprint density at radius 1 is 1.09 bits per heavy atom. The Labute approximate surface area is 132 Å². The van der Waals surface area contributed by atoms with Gasteiger partial charge in [-0.05, 0) is 25.1 Å². The van der Waals surface area contributed by atoms with E-state index in [2.05, 4.69) is 4.98 Å². The molecule has 0 aliphatic rings. The molecule has 22 heavy (non-hydrogen) atoms. The van der Waals surface area contributed by atoms with Crippen LogP contribution in [-0.2, 0) is 9.84 Å². The Morgan fingerprint density at radius 3 is 2.45 bits per heavy atom. The zero-order valence-corrected chi connectivity index (χ0v) is 13.1. The molecule has 0 saturated heterocycles. The number of hydrogen-bond acceptors (Lipinski definition) is 3. The van der Waals surface area contributed by atoms with Crippen LogP contribution in [0, 0.1) is 12.7 Å². The van der Waals surface area contributed by atoms with Gasteiger partial charge in [0.2, 0.25) is 9.84 Å². The van der Waals surface area contributed by atoms with Crippen molar-refractivity contribution in [3.8, 4) is 0 Å². The van der Waals surface area contributed by atoms with Gasteiger partial charge >= 0.3 is 0 Å². The average molecular weight is 336 g/mol. The molecule has 0 atom stereocenters. The molecule has 2 aromatic carbocycles. The average Bonchev–Trinajstić information content (AvgIpc) is 2.49. The van der Waals surface area contributed by atoms with Crippen LogP contribution in [0.3, 0.4) is 0 Å². The van der Waals surface area contributed by atoms with Crippen LogP contribution in [0.4, 0.5) is 4.39 Å². The fourth-order valence-corrected chi connectivity index (χ4v) is 3.96. The number of fused-ring (bicyclic) bond motifs is 1. The third-order valence-corrected chi connectivity index (χ3v) is 5.67. The van der Waals surface area contributed by atoms with E-state index in [-0.39, 0.29) is 25.7 Å². The van der Waals surface area contributed by atoms with Crippen LogP contribution < -0.4 is 0 Å². The number of benzene rings is 2. The molecule has 1 aromatic heterocycles. The lowest BCUT2D eigenvalue weighted by atomic mass is 10.2. The maximum Gasteiger partial charge on any atom is 0.209 e. The summed E-state index contributed by atoms with van der Waals surface area (Å²) in [7, 11) is -3.81. The van der Waals surface area contributed by atoms with Crippen molar-refractivity contribution in [3.63, 3.8) is 0 Å². The highest BCUT2D eigenvalue weighted by atomic mass is 35.5. The molecule has 0 bridgehead atoms.